The van der Waals surface area contributed by atoms with Gasteiger partial charge in [0.05, 0.1) is 25.2 Å². The van der Waals surface area contributed by atoms with Crippen LogP contribution in [0, 0.1) is 0 Å². The lowest BCUT2D eigenvalue weighted by atomic mass is 9.77. The molecular formula is C18H21BN2O7. The average Bonchev–Trinajstić information content (AvgIpc) is 3.31. The van der Waals surface area contributed by atoms with E-state index in [0.717, 1.165) is 12.0 Å². The van der Waals surface area contributed by atoms with Crippen LogP contribution in [0.15, 0.2) is 12.1 Å². The number of nitrogens with zero attached hydrogens (tertiary/aromatic N) is 1. The van der Waals surface area contributed by atoms with Crippen LogP contribution in [0.2, 0.25) is 5.82 Å². The van der Waals surface area contributed by atoms with Gasteiger partial charge in [-0.05, 0) is 30.4 Å². The SMILES string of the molecule is O=C(O)c1c(OC2CN(C(=O)[C@H]3C[C@@H](O)CN3)C2)ccc2c1OB(O)[C@@H]1CC21. The van der Waals surface area contributed by atoms with E-state index in [4.69, 9.17) is 9.39 Å². The van der Waals surface area contributed by atoms with Crippen molar-refractivity contribution < 1.29 is 34.2 Å². The number of amides is 1. The zero-order chi connectivity index (χ0) is 19.6. The first-order valence-electron chi connectivity index (χ1n) is 9.54. The van der Waals surface area contributed by atoms with Crippen molar-refractivity contribution in [2.75, 3.05) is 19.6 Å². The van der Waals surface area contributed by atoms with Gasteiger partial charge in [-0.15, -0.1) is 0 Å². The topological polar surface area (TPSA) is 129 Å². The van der Waals surface area contributed by atoms with E-state index >= 15 is 0 Å². The van der Waals surface area contributed by atoms with E-state index in [1.165, 1.54) is 0 Å². The molecule has 4 atom stereocenters. The second-order valence-corrected chi connectivity index (χ2v) is 8.01. The number of carboxylic acid groups (broad SMARTS) is 1. The summed E-state index contributed by atoms with van der Waals surface area (Å²) in [6.07, 6.45) is 0.374. The van der Waals surface area contributed by atoms with Crippen LogP contribution >= 0.6 is 0 Å². The molecule has 3 fully saturated rings. The first-order chi connectivity index (χ1) is 13.4. The Morgan fingerprint density at radius 2 is 2.07 bits per heavy atom. The second-order valence-electron chi connectivity index (χ2n) is 8.01. The lowest BCUT2D eigenvalue weighted by molar-refractivity contribution is -0.142. The van der Waals surface area contributed by atoms with Crippen LogP contribution in [0.1, 0.15) is 34.7 Å². The number of carbonyl (C=O) groups excluding carboxylic acids is 1. The average molecular weight is 388 g/mol. The van der Waals surface area contributed by atoms with Crippen LogP contribution in [-0.2, 0) is 4.79 Å². The minimum Gasteiger partial charge on any atom is -0.535 e. The van der Waals surface area contributed by atoms with Gasteiger partial charge in [0, 0.05) is 12.4 Å². The molecule has 1 amide bonds. The summed E-state index contributed by atoms with van der Waals surface area (Å²) in [5.41, 5.74) is 0.726. The van der Waals surface area contributed by atoms with Crippen molar-refractivity contribution >= 4 is 19.0 Å². The van der Waals surface area contributed by atoms with Crippen molar-refractivity contribution in [3.8, 4) is 11.5 Å². The van der Waals surface area contributed by atoms with E-state index in [1.54, 1.807) is 17.0 Å². The van der Waals surface area contributed by atoms with Gasteiger partial charge in [-0.1, -0.05) is 6.07 Å². The normalized spacial score (nSPS) is 30.8. The highest BCUT2D eigenvalue weighted by Crippen LogP contribution is 2.60. The highest BCUT2D eigenvalue weighted by Gasteiger charge is 2.54. The molecule has 4 N–H and O–H groups in total. The molecule has 0 spiro atoms. The number of hydrogen-bond acceptors (Lipinski definition) is 7. The Morgan fingerprint density at radius 1 is 1.29 bits per heavy atom. The molecule has 4 aliphatic rings. The molecule has 1 aromatic carbocycles. The molecule has 10 heteroatoms. The molecule has 1 saturated carbocycles. The molecule has 2 saturated heterocycles. The predicted octanol–water partition coefficient (Wildman–Crippen LogP) is -0.572. The molecule has 28 heavy (non-hydrogen) atoms. The van der Waals surface area contributed by atoms with Crippen LogP contribution in [0.5, 0.6) is 11.5 Å². The van der Waals surface area contributed by atoms with Crippen molar-refractivity contribution in [2.24, 2.45) is 0 Å². The van der Waals surface area contributed by atoms with Crippen LogP contribution in [-0.4, -0.2) is 77.0 Å². The van der Waals surface area contributed by atoms with Crippen molar-refractivity contribution in [2.45, 2.75) is 42.8 Å². The maximum atomic E-state index is 12.4. The number of aromatic carboxylic acids is 1. The maximum Gasteiger partial charge on any atom is 0.526 e. The van der Waals surface area contributed by atoms with Gasteiger partial charge in [-0.2, -0.15) is 0 Å². The molecule has 9 nitrogen and oxygen atoms in total. The summed E-state index contributed by atoms with van der Waals surface area (Å²) in [7, 11) is -0.989. The highest BCUT2D eigenvalue weighted by atomic mass is 16.5. The zero-order valence-electron chi connectivity index (χ0n) is 15.1. The van der Waals surface area contributed by atoms with Gasteiger partial charge in [0.2, 0.25) is 5.91 Å². The minimum absolute atomic E-state index is 0.0369. The van der Waals surface area contributed by atoms with E-state index in [1.807, 2.05) is 0 Å². The summed E-state index contributed by atoms with van der Waals surface area (Å²) in [6, 6.07) is 3.06. The summed E-state index contributed by atoms with van der Waals surface area (Å²) in [4.78, 5) is 25.9. The third-order valence-electron chi connectivity index (χ3n) is 6.07. The molecule has 3 heterocycles. The van der Waals surface area contributed by atoms with Crippen molar-refractivity contribution in [1.82, 2.24) is 10.2 Å². The number of carboxylic acids is 1. The van der Waals surface area contributed by atoms with Gasteiger partial charge in [0.1, 0.15) is 23.2 Å². The van der Waals surface area contributed by atoms with Crippen molar-refractivity contribution in [3.05, 3.63) is 23.3 Å². The Bertz CT molecular complexity index is 843. The quantitative estimate of drug-likeness (QED) is 0.505. The summed E-state index contributed by atoms with van der Waals surface area (Å²) >= 11 is 0. The van der Waals surface area contributed by atoms with E-state index in [9.17, 15) is 24.8 Å². The fraction of sp³-hybridized carbons (Fsp3) is 0.556. The molecule has 1 aliphatic carbocycles. The van der Waals surface area contributed by atoms with Crippen LogP contribution in [0.25, 0.3) is 0 Å². The van der Waals surface area contributed by atoms with E-state index < -0.39 is 19.2 Å². The number of hydrogen-bond donors (Lipinski definition) is 4. The fourth-order valence-corrected chi connectivity index (χ4v) is 4.39. The lowest BCUT2D eigenvalue weighted by Gasteiger charge is -2.40. The Kier molecular flexibility index (Phi) is 4.04. The molecule has 1 unspecified atom stereocenters. The predicted molar refractivity (Wildman–Crippen MR) is 96.5 cm³/mol. The number of rotatable bonds is 4. The highest BCUT2D eigenvalue weighted by molar-refractivity contribution is 6.48. The summed E-state index contributed by atoms with van der Waals surface area (Å²) < 4.78 is 11.3. The summed E-state index contributed by atoms with van der Waals surface area (Å²) in [5, 5.41) is 32.2. The number of carbonyl (C=O) groups is 2. The van der Waals surface area contributed by atoms with E-state index in [2.05, 4.69) is 5.32 Å². The number of aliphatic hydroxyl groups excluding tert-OH is 1. The molecule has 5 rings (SSSR count). The van der Waals surface area contributed by atoms with Gasteiger partial charge < -0.3 is 34.8 Å². The Hall–Kier alpha value is -2.30. The molecule has 0 radical (unpaired) electrons. The van der Waals surface area contributed by atoms with Gasteiger partial charge in [0.15, 0.2) is 0 Å². The summed E-state index contributed by atoms with van der Waals surface area (Å²) in [5.74, 6) is -0.704. The largest absolute Gasteiger partial charge is 0.535 e. The van der Waals surface area contributed by atoms with Gasteiger partial charge >= 0.3 is 13.1 Å². The Labute approximate surface area is 161 Å². The standard InChI is InChI=1S/C18H21BN2O7/c22-8-3-13(20-5-8)17(23)21-6-9(7-21)27-14-2-1-10-11-4-12(11)19(26)28-16(10)15(14)18(24)25/h1-2,8-9,11-13,20,22,26H,3-7H2,(H,24,25)/t8-,11?,12-,13-/m1/s1. The Morgan fingerprint density at radius 3 is 2.75 bits per heavy atom. The number of benzene rings is 1. The van der Waals surface area contributed by atoms with E-state index in [-0.39, 0.29) is 46.9 Å². The zero-order valence-corrected chi connectivity index (χ0v) is 15.1. The van der Waals surface area contributed by atoms with Gasteiger partial charge in [0.25, 0.3) is 0 Å². The first kappa shape index (κ1) is 17.8. The number of likely N-dealkylation sites (tertiary alicyclic amines) is 1. The van der Waals surface area contributed by atoms with Gasteiger partial charge in [-0.25, -0.2) is 4.79 Å². The molecule has 148 valence electrons. The smallest absolute Gasteiger partial charge is 0.526 e. The number of nitrogens with one attached hydrogen (secondary N) is 1. The third kappa shape index (κ3) is 2.83. The summed E-state index contributed by atoms with van der Waals surface area (Å²) in [6.45, 7) is 1.13. The maximum absolute atomic E-state index is 12.4. The van der Waals surface area contributed by atoms with Crippen LogP contribution in [0.4, 0.5) is 0 Å². The first-order valence-corrected chi connectivity index (χ1v) is 9.54. The monoisotopic (exact) mass is 388 g/mol. The molecular weight excluding hydrogens is 367 g/mol. The van der Waals surface area contributed by atoms with Crippen molar-refractivity contribution in [1.29, 1.82) is 0 Å². The van der Waals surface area contributed by atoms with Gasteiger partial charge in [-0.3, -0.25) is 4.79 Å². The Balaban J connectivity index is 1.28. The fourth-order valence-electron chi connectivity index (χ4n) is 4.39. The molecule has 1 aromatic rings. The van der Waals surface area contributed by atoms with E-state index in [0.29, 0.717) is 26.1 Å². The number of fused-ring (bicyclic) bond motifs is 3. The lowest BCUT2D eigenvalue weighted by Crippen LogP contribution is -2.59. The third-order valence-corrected chi connectivity index (χ3v) is 6.07. The molecule has 3 aliphatic heterocycles. The molecule has 0 aromatic heterocycles. The van der Waals surface area contributed by atoms with Crippen LogP contribution < -0.4 is 14.7 Å². The number of β-amino-alcohol motifs (C(OH)–C–C–N with tert-alkyl or cyclic N) is 1. The van der Waals surface area contributed by atoms with Crippen LogP contribution in [0.3, 0.4) is 0 Å². The second kappa shape index (κ2) is 6.36. The number of ether oxygens (including phenoxy) is 1. The minimum atomic E-state index is -1.17. The number of aliphatic hydroxyl groups is 1. The van der Waals surface area contributed by atoms with Crippen molar-refractivity contribution in [3.63, 3.8) is 0 Å². The molecule has 0 bridgehead atoms.